The van der Waals surface area contributed by atoms with Crippen molar-refractivity contribution >= 4 is 23.2 Å². The van der Waals surface area contributed by atoms with Crippen LogP contribution in [0, 0.1) is 0 Å². The lowest BCUT2D eigenvalue weighted by atomic mass is 10.2. The summed E-state index contributed by atoms with van der Waals surface area (Å²) in [5, 5.41) is 13.9. The van der Waals surface area contributed by atoms with Crippen molar-refractivity contribution < 1.29 is 9.84 Å². The molecule has 0 fully saturated rings. The summed E-state index contributed by atoms with van der Waals surface area (Å²) in [4.78, 5) is 0. The van der Waals surface area contributed by atoms with E-state index in [1.165, 1.54) is 0 Å². The summed E-state index contributed by atoms with van der Waals surface area (Å²) in [7, 11) is 1.57. The molecule has 0 aliphatic carbocycles. The van der Waals surface area contributed by atoms with E-state index in [0.29, 0.717) is 36.2 Å². The summed E-state index contributed by atoms with van der Waals surface area (Å²) in [6, 6.07) is 5.44. The van der Waals surface area contributed by atoms with Gasteiger partial charge in [0.15, 0.2) is 0 Å². The van der Waals surface area contributed by atoms with Crippen LogP contribution in [-0.2, 0) is 11.3 Å². The van der Waals surface area contributed by atoms with Gasteiger partial charge in [-0.25, -0.2) is 0 Å². The Morgan fingerprint density at radius 1 is 1.35 bits per heavy atom. The lowest BCUT2D eigenvalue weighted by Crippen LogP contribution is -2.23. The van der Waals surface area contributed by atoms with Gasteiger partial charge in [-0.15, -0.1) is 0 Å². The smallest absolute Gasteiger partial charge is 0.0785 e. The molecule has 0 amide bonds. The van der Waals surface area contributed by atoms with Crippen LogP contribution in [-0.4, -0.2) is 31.5 Å². The van der Waals surface area contributed by atoms with Crippen LogP contribution in [0.4, 0.5) is 0 Å². The fraction of sp³-hybridized carbons (Fsp3) is 0.500. The van der Waals surface area contributed by atoms with Gasteiger partial charge in [-0.2, -0.15) is 0 Å². The maximum absolute atomic E-state index is 9.44. The predicted molar refractivity (Wildman–Crippen MR) is 70.7 cm³/mol. The molecule has 0 aliphatic heterocycles. The molecular weight excluding hydrogens is 261 g/mol. The highest BCUT2D eigenvalue weighted by atomic mass is 35.5. The van der Waals surface area contributed by atoms with E-state index in [0.717, 1.165) is 5.56 Å². The van der Waals surface area contributed by atoms with Crippen molar-refractivity contribution in [2.45, 2.75) is 19.1 Å². The molecule has 1 aromatic carbocycles. The van der Waals surface area contributed by atoms with Crippen LogP contribution < -0.4 is 5.32 Å². The maximum atomic E-state index is 9.44. The third-order valence-corrected chi connectivity index (χ3v) is 3.09. The van der Waals surface area contributed by atoms with E-state index in [4.69, 9.17) is 27.9 Å². The summed E-state index contributed by atoms with van der Waals surface area (Å²) in [6.07, 6.45) is 0.199. The molecular formula is C12H17Cl2NO2. The highest BCUT2D eigenvalue weighted by Crippen LogP contribution is 2.23. The molecule has 5 heteroatoms. The van der Waals surface area contributed by atoms with Crippen molar-refractivity contribution in [3.8, 4) is 0 Å². The Labute approximate surface area is 112 Å². The first kappa shape index (κ1) is 14.7. The van der Waals surface area contributed by atoms with Crippen LogP contribution in [0.2, 0.25) is 10.0 Å². The summed E-state index contributed by atoms with van der Waals surface area (Å²) < 4.78 is 4.84. The van der Waals surface area contributed by atoms with Gasteiger partial charge in [-0.05, 0) is 25.1 Å². The highest BCUT2D eigenvalue weighted by molar-refractivity contribution is 6.35. The number of aliphatic hydroxyl groups is 1. The van der Waals surface area contributed by atoms with Gasteiger partial charge in [0.05, 0.1) is 12.7 Å². The zero-order chi connectivity index (χ0) is 12.7. The molecule has 0 saturated heterocycles. The Balaban J connectivity index is 2.31. The summed E-state index contributed by atoms with van der Waals surface area (Å²) >= 11 is 12.1. The van der Waals surface area contributed by atoms with E-state index in [9.17, 15) is 5.11 Å². The van der Waals surface area contributed by atoms with Crippen molar-refractivity contribution in [1.29, 1.82) is 0 Å². The molecule has 1 unspecified atom stereocenters. The van der Waals surface area contributed by atoms with Crippen molar-refractivity contribution in [2.24, 2.45) is 0 Å². The molecule has 1 aromatic rings. The van der Waals surface area contributed by atoms with Crippen molar-refractivity contribution in [3.63, 3.8) is 0 Å². The standard InChI is InChI=1S/C12H17Cl2NO2/c1-17-8-9(16)5-6-15-7-10-11(13)3-2-4-12(10)14/h2-4,9,15-16H,5-8H2,1H3. The van der Waals surface area contributed by atoms with E-state index in [1.807, 2.05) is 18.2 Å². The van der Waals surface area contributed by atoms with E-state index < -0.39 is 6.10 Å². The molecule has 0 spiro atoms. The van der Waals surface area contributed by atoms with Crippen LogP contribution in [0.15, 0.2) is 18.2 Å². The summed E-state index contributed by atoms with van der Waals surface area (Å²) in [6.45, 7) is 1.64. The molecule has 1 rings (SSSR count). The lowest BCUT2D eigenvalue weighted by Gasteiger charge is -2.11. The van der Waals surface area contributed by atoms with E-state index in [2.05, 4.69) is 5.32 Å². The Kier molecular flexibility index (Phi) is 6.85. The van der Waals surface area contributed by atoms with Gasteiger partial charge >= 0.3 is 0 Å². The van der Waals surface area contributed by atoms with E-state index in [1.54, 1.807) is 7.11 Å². The molecule has 17 heavy (non-hydrogen) atoms. The molecule has 96 valence electrons. The molecule has 1 atom stereocenters. The van der Waals surface area contributed by atoms with Crippen molar-refractivity contribution in [2.75, 3.05) is 20.3 Å². The molecule has 2 N–H and O–H groups in total. The normalized spacial score (nSPS) is 12.7. The van der Waals surface area contributed by atoms with Gasteiger partial charge in [0, 0.05) is 29.3 Å². The molecule has 0 saturated carbocycles. The molecule has 0 radical (unpaired) electrons. The topological polar surface area (TPSA) is 41.5 Å². The zero-order valence-corrected chi connectivity index (χ0v) is 11.3. The lowest BCUT2D eigenvalue weighted by molar-refractivity contribution is 0.0594. The second-order valence-corrected chi connectivity index (χ2v) is 4.59. The quantitative estimate of drug-likeness (QED) is 0.753. The van der Waals surface area contributed by atoms with Gasteiger partial charge in [0.2, 0.25) is 0 Å². The number of aliphatic hydroxyl groups excluding tert-OH is 1. The second kappa shape index (κ2) is 7.90. The third kappa shape index (κ3) is 5.23. The minimum absolute atomic E-state index is 0.356. The van der Waals surface area contributed by atoms with Crippen LogP contribution in [0.25, 0.3) is 0 Å². The van der Waals surface area contributed by atoms with Gasteiger partial charge in [-0.3, -0.25) is 0 Å². The van der Waals surface area contributed by atoms with Gasteiger partial charge in [-0.1, -0.05) is 29.3 Å². The first-order valence-electron chi connectivity index (χ1n) is 5.45. The minimum atomic E-state index is -0.436. The number of nitrogens with one attached hydrogen (secondary N) is 1. The van der Waals surface area contributed by atoms with Crippen LogP contribution in [0.5, 0.6) is 0 Å². The van der Waals surface area contributed by atoms with Crippen molar-refractivity contribution in [3.05, 3.63) is 33.8 Å². The first-order chi connectivity index (χ1) is 8.15. The molecule has 0 bridgehead atoms. The van der Waals surface area contributed by atoms with E-state index >= 15 is 0 Å². The van der Waals surface area contributed by atoms with Gasteiger partial charge in [0.1, 0.15) is 0 Å². The Bertz CT molecular complexity index is 327. The molecule has 0 aromatic heterocycles. The first-order valence-corrected chi connectivity index (χ1v) is 6.21. The average Bonchev–Trinajstić information content (AvgIpc) is 2.28. The van der Waals surface area contributed by atoms with Crippen LogP contribution >= 0.6 is 23.2 Å². The third-order valence-electron chi connectivity index (χ3n) is 2.38. The number of methoxy groups -OCH3 is 1. The number of hydrogen-bond acceptors (Lipinski definition) is 3. The number of ether oxygens (including phenoxy) is 1. The SMILES string of the molecule is COCC(O)CCNCc1c(Cl)cccc1Cl. The van der Waals surface area contributed by atoms with Crippen molar-refractivity contribution in [1.82, 2.24) is 5.32 Å². The van der Waals surface area contributed by atoms with E-state index in [-0.39, 0.29) is 0 Å². The fourth-order valence-electron chi connectivity index (χ4n) is 1.46. The second-order valence-electron chi connectivity index (χ2n) is 3.77. The number of hydrogen-bond donors (Lipinski definition) is 2. The molecule has 0 aliphatic rings. The molecule has 3 nitrogen and oxygen atoms in total. The minimum Gasteiger partial charge on any atom is -0.391 e. The summed E-state index contributed by atoms with van der Waals surface area (Å²) in [5.74, 6) is 0. The van der Waals surface area contributed by atoms with Crippen LogP contribution in [0.1, 0.15) is 12.0 Å². The Hall–Kier alpha value is -0.320. The van der Waals surface area contributed by atoms with Crippen LogP contribution in [0.3, 0.4) is 0 Å². The number of rotatable bonds is 7. The summed E-state index contributed by atoms with van der Waals surface area (Å²) in [5.41, 5.74) is 0.886. The maximum Gasteiger partial charge on any atom is 0.0785 e. The average molecular weight is 278 g/mol. The fourth-order valence-corrected chi connectivity index (χ4v) is 1.99. The zero-order valence-electron chi connectivity index (χ0n) is 9.75. The monoisotopic (exact) mass is 277 g/mol. The highest BCUT2D eigenvalue weighted by Gasteiger charge is 2.06. The molecule has 0 heterocycles. The Morgan fingerprint density at radius 2 is 2.00 bits per heavy atom. The Morgan fingerprint density at radius 3 is 2.59 bits per heavy atom. The van der Waals surface area contributed by atoms with Gasteiger partial charge in [0.25, 0.3) is 0 Å². The van der Waals surface area contributed by atoms with Gasteiger partial charge < -0.3 is 15.2 Å². The predicted octanol–water partition coefficient (Wildman–Crippen LogP) is 2.48. The number of benzene rings is 1. The number of halogens is 2. The largest absolute Gasteiger partial charge is 0.391 e.